The Balaban J connectivity index is 1.44. The Kier molecular flexibility index (Phi) is 6.49. The SMILES string of the molecule is CC(C)c1ccc(NC(=O)N2CCC[C@@H]2C(=O)Nc2ccc3cc(C(=O)O)ccc3c2)cc1F. The average molecular weight is 464 g/mol. The molecule has 1 aliphatic rings. The van der Waals surface area contributed by atoms with Gasteiger partial charge < -0.3 is 20.6 Å². The molecular weight excluding hydrogens is 437 g/mol. The van der Waals surface area contributed by atoms with Crippen LogP contribution in [0.1, 0.15) is 48.5 Å². The maximum absolute atomic E-state index is 14.3. The molecule has 3 aromatic carbocycles. The number of halogens is 1. The molecule has 3 amide bonds. The lowest BCUT2D eigenvalue weighted by molar-refractivity contribution is -0.119. The van der Waals surface area contributed by atoms with Crippen LogP contribution in [0.3, 0.4) is 0 Å². The number of benzene rings is 3. The van der Waals surface area contributed by atoms with Gasteiger partial charge in [0, 0.05) is 17.9 Å². The predicted octanol–water partition coefficient (Wildman–Crippen LogP) is 5.44. The Labute approximate surface area is 196 Å². The highest BCUT2D eigenvalue weighted by Gasteiger charge is 2.34. The van der Waals surface area contributed by atoms with Crippen molar-refractivity contribution in [2.45, 2.75) is 38.6 Å². The van der Waals surface area contributed by atoms with Crippen LogP contribution >= 0.6 is 0 Å². The summed E-state index contributed by atoms with van der Waals surface area (Å²) in [4.78, 5) is 38.4. The third-order valence-electron chi connectivity index (χ3n) is 6.04. The van der Waals surface area contributed by atoms with Gasteiger partial charge in [-0.15, -0.1) is 0 Å². The maximum atomic E-state index is 14.3. The van der Waals surface area contributed by atoms with Crippen LogP contribution in [-0.2, 0) is 4.79 Å². The molecule has 8 heteroatoms. The van der Waals surface area contributed by atoms with E-state index in [1.54, 1.807) is 42.5 Å². The van der Waals surface area contributed by atoms with Gasteiger partial charge in [0.1, 0.15) is 11.9 Å². The second kappa shape index (κ2) is 9.51. The van der Waals surface area contributed by atoms with Crippen LogP contribution in [0.5, 0.6) is 0 Å². The Morgan fingerprint density at radius 1 is 0.971 bits per heavy atom. The molecule has 0 unspecified atom stereocenters. The first-order valence-electron chi connectivity index (χ1n) is 11.2. The van der Waals surface area contributed by atoms with Crippen LogP contribution in [0.15, 0.2) is 54.6 Å². The Morgan fingerprint density at radius 2 is 1.65 bits per heavy atom. The number of hydrogen-bond donors (Lipinski definition) is 3. The van der Waals surface area contributed by atoms with Gasteiger partial charge in [-0.05, 0) is 71.5 Å². The van der Waals surface area contributed by atoms with E-state index < -0.39 is 18.0 Å². The number of rotatable bonds is 5. The predicted molar refractivity (Wildman–Crippen MR) is 129 cm³/mol. The third-order valence-corrected chi connectivity index (χ3v) is 6.04. The van der Waals surface area contributed by atoms with Crippen molar-refractivity contribution >= 4 is 40.1 Å². The number of urea groups is 1. The molecule has 0 bridgehead atoms. The van der Waals surface area contributed by atoms with E-state index in [9.17, 15) is 18.8 Å². The number of fused-ring (bicyclic) bond motifs is 1. The summed E-state index contributed by atoms with van der Waals surface area (Å²) in [6.45, 7) is 4.21. The lowest BCUT2D eigenvalue weighted by Crippen LogP contribution is -2.45. The van der Waals surface area contributed by atoms with Crippen molar-refractivity contribution in [1.82, 2.24) is 4.90 Å². The van der Waals surface area contributed by atoms with Crippen molar-refractivity contribution in [1.29, 1.82) is 0 Å². The number of anilines is 2. The van der Waals surface area contributed by atoms with Crippen molar-refractivity contribution in [3.63, 3.8) is 0 Å². The zero-order valence-electron chi connectivity index (χ0n) is 19.0. The van der Waals surface area contributed by atoms with Crippen LogP contribution in [0.2, 0.25) is 0 Å². The maximum Gasteiger partial charge on any atom is 0.335 e. The summed E-state index contributed by atoms with van der Waals surface area (Å²) in [7, 11) is 0. The van der Waals surface area contributed by atoms with Crippen LogP contribution in [-0.4, -0.2) is 40.5 Å². The number of hydrogen-bond acceptors (Lipinski definition) is 3. The number of nitrogens with one attached hydrogen (secondary N) is 2. The molecule has 4 rings (SSSR count). The molecular formula is C26H26FN3O4. The van der Waals surface area contributed by atoms with Crippen molar-refractivity contribution < 1.29 is 23.9 Å². The van der Waals surface area contributed by atoms with E-state index >= 15 is 0 Å². The zero-order chi connectivity index (χ0) is 24.4. The fraction of sp³-hybridized carbons (Fsp3) is 0.269. The minimum atomic E-state index is -1.00. The van der Waals surface area contributed by atoms with Crippen molar-refractivity contribution in [3.8, 4) is 0 Å². The third kappa shape index (κ3) is 4.85. The minimum Gasteiger partial charge on any atom is -0.478 e. The van der Waals surface area contributed by atoms with Crippen molar-refractivity contribution in [3.05, 3.63) is 71.5 Å². The van der Waals surface area contributed by atoms with Gasteiger partial charge in [0.25, 0.3) is 0 Å². The van der Waals surface area contributed by atoms with E-state index in [0.29, 0.717) is 36.3 Å². The van der Waals surface area contributed by atoms with Crippen molar-refractivity contribution in [2.75, 3.05) is 17.2 Å². The van der Waals surface area contributed by atoms with Gasteiger partial charge in [-0.2, -0.15) is 0 Å². The van der Waals surface area contributed by atoms with Gasteiger partial charge >= 0.3 is 12.0 Å². The number of aromatic carboxylic acids is 1. The summed E-state index contributed by atoms with van der Waals surface area (Å²) in [5.74, 6) is -1.66. The van der Waals surface area contributed by atoms with Gasteiger partial charge in [0.2, 0.25) is 5.91 Å². The molecule has 1 fully saturated rings. The number of likely N-dealkylation sites (tertiary alicyclic amines) is 1. The second-order valence-corrected chi connectivity index (χ2v) is 8.74. The summed E-state index contributed by atoms with van der Waals surface area (Å²) in [6, 6.07) is 13.5. The van der Waals surface area contributed by atoms with Gasteiger partial charge in [0.05, 0.1) is 5.56 Å². The summed E-state index contributed by atoms with van der Waals surface area (Å²) in [6.07, 6.45) is 1.21. The number of carboxylic acids is 1. The first kappa shape index (κ1) is 23.2. The molecule has 3 aromatic rings. The second-order valence-electron chi connectivity index (χ2n) is 8.74. The number of carbonyl (C=O) groups excluding carboxylic acids is 2. The largest absolute Gasteiger partial charge is 0.478 e. The lowest BCUT2D eigenvalue weighted by Gasteiger charge is -2.24. The average Bonchev–Trinajstić information content (AvgIpc) is 3.29. The molecule has 0 spiro atoms. The van der Waals surface area contributed by atoms with Crippen LogP contribution < -0.4 is 10.6 Å². The molecule has 0 saturated carbocycles. The Bertz CT molecular complexity index is 1270. The van der Waals surface area contributed by atoms with Crippen molar-refractivity contribution in [2.24, 2.45) is 0 Å². The highest BCUT2D eigenvalue weighted by molar-refractivity contribution is 6.01. The number of carboxylic acid groups (broad SMARTS) is 1. The smallest absolute Gasteiger partial charge is 0.335 e. The number of nitrogens with zero attached hydrogens (tertiary/aromatic N) is 1. The van der Waals surface area contributed by atoms with E-state index in [2.05, 4.69) is 10.6 Å². The van der Waals surface area contributed by atoms with Gasteiger partial charge in [-0.1, -0.05) is 32.0 Å². The molecule has 0 radical (unpaired) electrons. The fourth-order valence-corrected chi connectivity index (χ4v) is 4.23. The molecule has 34 heavy (non-hydrogen) atoms. The highest BCUT2D eigenvalue weighted by atomic mass is 19.1. The molecule has 1 saturated heterocycles. The molecule has 176 valence electrons. The van der Waals surface area contributed by atoms with E-state index in [1.807, 2.05) is 13.8 Å². The molecule has 0 aromatic heterocycles. The normalized spacial score (nSPS) is 15.5. The topological polar surface area (TPSA) is 98.7 Å². The molecule has 1 heterocycles. The molecule has 1 aliphatic heterocycles. The van der Waals surface area contributed by atoms with Gasteiger partial charge in [-0.25, -0.2) is 14.0 Å². The molecule has 1 atom stereocenters. The zero-order valence-corrected chi connectivity index (χ0v) is 19.0. The highest BCUT2D eigenvalue weighted by Crippen LogP contribution is 2.25. The van der Waals surface area contributed by atoms with E-state index in [0.717, 1.165) is 10.8 Å². The van der Waals surface area contributed by atoms with E-state index in [-0.39, 0.29) is 23.2 Å². The first-order valence-corrected chi connectivity index (χ1v) is 11.2. The molecule has 3 N–H and O–H groups in total. The monoisotopic (exact) mass is 463 g/mol. The van der Waals surface area contributed by atoms with E-state index in [1.165, 1.54) is 17.0 Å². The molecule has 0 aliphatic carbocycles. The standard InChI is InChI=1S/C26H26FN3O4/c1-15(2)21-10-9-20(14-22(21)27)29-26(34)30-11-3-4-23(30)24(31)28-19-8-7-16-12-18(25(32)33)6-5-17(16)13-19/h5-10,12-15,23H,3-4,11H2,1-2H3,(H,28,31)(H,29,34)(H,32,33)/t23-/m1/s1. The first-order chi connectivity index (χ1) is 16.2. The summed E-state index contributed by atoms with van der Waals surface area (Å²) < 4.78 is 14.3. The summed E-state index contributed by atoms with van der Waals surface area (Å²) in [5, 5.41) is 16.2. The summed E-state index contributed by atoms with van der Waals surface area (Å²) in [5.41, 5.74) is 1.66. The summed E-state index contributed by atoms with van der Waals surface area (Å²) >= 11 is 0. The Morgan fingerprint density at radius 3 is 2.35 bits per heavy atom. The van der Waals surface area contributed by atoms with Gasteiger partial charge in [-0.3, -0.25) is 4.79 Å². The van der Waals surface area contributed by atoms with Crippen LogP contribution in [0, 0.1) is 5.82 Å². The van der Waals surface area contributed by atoms with Crippen LogP contribution in [0.25, 0.3) is 10.8 Å². The number of carbonyl (C=O) groups is 3. The lowest BCUT2D eigenvalue weighted by atomic mass is 10.0. The van der Waals surface area contributed by atoms with E-state index in [4.69, 9.17) is 5.11 Å². The minimum absolute atomic E-state index is 0.0331. The Hall–Kier alpha value is -3.94. The van der Waals surface area contributed by atoms with Gasteiger partial charge in [0.15, 0.2) is 0 Å². The molecule has 7 nitrogen and oxygen atoms in total. The van der Waals surface area contributed by atoms with Crippen LogP contribution in [0.4, 0.5) is 20.6 Å². The fourth-order valence-electron chi connectivity index (χ4n) is 4.23. The quantitative estimate of drug-likeness (QED) is 0.469. The number of amides is 3.